The summed E-state index contributed by atoms with van der Waals surface area (Å²) in [5.41, 5.74) is 2.77. The molecule has 156 valence electrons. The van der Waals surface area contributed by atoms with Crippen LogP contribution in [0.4, 0.5) is 11.4 Å². The number of aromatic nitrogens is 4. The quantitative estimate of drug-likeness (QED) is 0.572. The number of nitrogens with zero attached hydrogens (tertiary/aromatic N) is 5. The molecular formula is C21H24N6O3. The Morgan fingerprint density at radius 3 is 2.37 bits per heavy atom. The van der Waals surface area contributed by atoms with Gasteiger partial charge < -0.3 is 15.0 Å². The second kappa shape index (κ2) is 9.64. The Morgan fingerprint density at radius 2 is 1.80 bits per heavy atom. The lowest BCUT2D eigenvalue weighted by Crippen LogP contribution is -2.30. The van der Waals surface area contributed by atoms with Crippen LogP contribution in [0.25, 0.3) is 5.69 Å². The fourth-order valence-corrected chi connectivity index (χ4v) is 3.02. The number of esters is 1. The maximum absolute atomic E-state index is 12.2. The van der Waals surface area contributed by atoms with E-state index in [1.54, 1.807) is 24.3 Å². The number of benzene rings is 2. The number of rotatable bonds is 8. The summed E-state index contributed by atoms with van der Waals surface area (Å²) < 4.78 is 6.56. The Hall–Kier alpha value is -3.75. The molecule has 0 spiro atoms. The minimum Gasteiger partial charge on any atom is -0.452 e. The van der Waals surface area contributed by atoms with Crippen molar-refractivity contribution in [3.05, 3.63) is 60.4 Å². The SMILES string of the molecule is CCN(c1ccc(NC(=O)COC(=O)c2ccc(-n3cnnn3)cc2)cc1)C(C)C. The summed E-state index contributed by atoms with van der Waals surface area (Å²) in [4.78, 5) is 26.5. The molecule has 3 aromatic rings. The number of amides is 1. The van der Waals surface area contributed by atoms with Gasteiger partial charge >= 0.3 is 5.97 Å². The molecule has 0 bridgehead atoms. The summed E-state index contributed by atoms with van der Waals surface area (Å²) in [7, 11) is 0. The van der Waals surface area contributed by atoms with Crippen molar-refractivity contribution in [3.8, 4) is 5.69 Å². The van der Waals surface area contributed by atoms with Crippen molar-refractivity contribution in [3.63, 3.8) is 0 Å². The van der Waals surface area contributed by atoms with Crippen molar-refractivity contribution in [1.29, 1.82) is 0 Å². The van der Waals surface area contributed by atoms with Crippen molar-refractivity contribution in [1.82, 2.24) is 20.2 Å². The zero-order valence-corrected chi connectivity index (χ0v) is 17.1. The van der Waals surface area contributed by atoms with Gasteiger partial charge in [0.25, 0.3) is 5.91 Å². The van der Waals surface area contributed by atoms with Crippen molar-refractivity contribution in [2.75, 3.05) is 23.4 Å². The lowest BCUT2D eigenvalue weighted by Gasteiger charge is -2.27. The molecule has 30 heavy (non-hydrogen) atoms. The third kappa shape index (κ3) is 5.19. The topological polar surface area (TPSA) is 102 Å². The van der Waals surface area contributed by atoms with E-state index in [0.29, 0.717) is 23.0 Å². The summed E-state index contributed by atoms with van der Waals surface area (Å²) in [6.07, 6.45) is 1.45. The predicted octanol–water partition coefficient (Wildman–Crippen LogP) is 2.69. The fourth-order valence-electron chi connectivity index (χ4n) is 3.02. The van der Waals surface area contributed by atoms with Crippen molar-refractivity contribution >= 4 is 23.3 Å². The lowest BCUT2D eigenvalue weighted by molar-refractivity contribution is -0.119. The molecule has 0 fully saturated rings. The molecule has 0 aliphatic heterocycles. The van der Waals surface area contributed by atoms with E-state index in [9.17, 15) is 9.59 Å². The van der Waals surface area contributed by atoms with Crippen LogP contribution in [0.1, 0.15) is 31.1 Å². The highest BCUT2D eigenvalue weighted by molar-refractivity contribution is 5.95. The van der Waals surface area contributed by atoms with Gasteiger partial charge in [0.2, 0.25) is 0 Å². The van der Waals surface area contributed by atoms with E-state index in [1.807, 2.05) is 24.3 Å². The average molecular weight is 408 g/mol. The Labute approximate surface area is 174 Å². The molecule has 9 heteroatoms. The number of tetrazole rings is 1. The molecule has 0 atom stereocenters. The summed E-state index contributed by atoms with van der Waals surface area (Å²) in [6.45, 7) is 6.89. The monoisotopic (exact) mass is 408 g/mol. The van der Waals surface area contributed by atoms with Crippen molar-refractivity contribution < 1.29 is 14.3 Å². The van der Waals surface area contributed by atoms with E-state index in [4.69, 9.17) is 4.74 Å². The van der Waals surface area contributed by atoms with Gasteiger partial charge in [0.1, 0.15) is 6.33 Å². The van der Waals surface area contributed by atoms with E-state index in [-0.39, 0.29) is 6.61 Å². The van der Waals surface area contributed by atoms with Gasteiger partial charge in [-0.25, -0.2) is 9.48 Å². The number of hydrogen-bond donors (Lipinski definition) is 1. The smallest absolute Gasteiger partial charge is 0.338 e. The minimum absolute atomic E-state index is 0.331. The Bertz CT molecular complexity index is 969. The first-order valence-electron chi connectivity index (χ1n) is 9.65. The van der Waals surface area contributed by atoms with Crippen molar-refractivity contribution in [2.24, 2.45) is 0 Å². The standard InChI is InChI=1S/C21H24N6O3/c1-4-26(15(2)3)18-11-7-17(8-12-18)23-20(28)13-30-21(29)16-5-9-19(10-6-16)27-14-22-24-25-27/h5-12,14-15H,4,13H2,1-3H3,(H,23,28). The number of hydrogen-bond acceptors (Lipinski definition) is 7. The van der Waals surface area contributed by atoms with E-state index in [1.165, 1.54) is 11.0 Å². The Morgan fingerprint density at radius 1 is 1.10 bits per heavy atom. The first kappa shape index (κ1) is 21.0. The molecule has 2 aromatic carbocycles. The third-order valence-electron chi connectivity index (χ3n) is 4.50. The summed E-state index contributed by atoms with van der Waals surface area (Å²) in [6, 6.07) is 14.5. The van der Waals surface area contributed by atoms with Crippen LogP contribution in [0.15, 0.2) is 54.9 Å². The van der Waals surface area contributed by atoms with Crippen LogP contribution in [0.2, 0.25) is 0 Å². The number of anilines is 2. The molecule has 0 saturated heterocycles. The van der Waals surface area contributed by atoms with Gasteiger partial charge in [-0.05, 0) is 79.7 Å². The molecule has 0 unspecified atom stereocenters. The maximum Gasteiger partial charge on any atom is 0.338 e. The zero-order valence-electron chi connectivity index (χ0n) is 17.1. The summed E-state index contributed by atoms with van der Waals surface area (Å²) in [5, 5.41) is 13.6. The summed E-state index contributed by atoms with van der Waals surface area (Å²) >= 11 is 0. The number of carbonyl (C=O) groups is 2. The number of carbonyl (C=O) groups excluding carboxylic acids is 2. The minimum atomic E-state index is -0.584. The zero-order chi connectivity index (χ0) is 21.5. The first-order chi connectivity index (χ1) is 14.5. The highest BCUT2D eigenvalue weighted by Crippen LogP contribution is 2.20. The van der Waals surface area contributed by atoms with Gasteiger partial charge in [-0.1, -0.05) is 0 Å². The van der Waals surface area contributed by atoms with E-state index in [2.05, 4.69) is 46.5 Å². The molecule has 1 aromatic heterocycles. The van der Waals surface area contributed by atoms with Gasteiger partial charge in [-0.15, -0.1) is 5.10 Å². The Kier molecular flexibility index (Phi) is 6.74. The predicted molar refractivity (Wildman–Crippen MR) is 113 cm³/mol. The van der Waals surface area contributed by atoms with Gasteiger partial charge in [0.05, 0.1) is 11.3 Å². The summed E-state index contributed by atoms with van der Waals surface area (Å²) in [5.74, 6) is -0.989. The van der Waals surface area contributed by atoms with Crippen LogP contribution in [0.3, 0.4) is 0 Å². The molecule has 0 radical (unpaired) electrons. The second-order valence-electron chi connectivity index (χ2n) is 6.85. The molecular weight excluding hydrogens is 384 g/mol. The van der Waals surface area contributed by atoms with Crippen LogP contribution in [-0.2, 0) is 9.53 Å². The molecule has 9 nitrogen and oxygen atoms in total. The van der Waals surface area contributed by atoms with Gasteiger partial charge in [-0.2, -0.15) is 0 Å². The van der Waals surface area contributed by atoms with Gasteiger partial charge in [0, 0.05) is 24.0 Å². The number of nitrogens with one attached hydrogen (secondary N) is 1. The Balaban J connectivity index is 1.51. The molecule has 1 N–H and O–H groups in total. The average Bonchev–Trinajstić information content (AvgIpc) is 3.28. The number of ether oxygens (including phenoxy) is 1. The van der Waals surface area contributed by atoms with E-state index < -0.39 is 11.9 Å². The van der Waals surface area contributed by atoms with Crippen LogP contribution >= 0.6 is 0 Å². The fraction of sp³-hybridized carbons (Fsp3) is 0.286. The highest BCUT2D eigenvalue weighted by atomic mass is 16.5. The van der Waals surface area contributed by atoms with Crippen molar-refractivity contribution in [2.45, 2.75) is 26.8 Å². The highest BCUT2D eigenvalue weighted by Gasteiger charge is 2.12. The first-order valence-corrected chi connectivity index (χ1v) is 9.65. The molecule has 0 aliphatic carbocycles. The molecule has 1 amide bonds. The maximum atomic E-state index is 12.2. The third-order valence-corrected chi connectivity index (χ3v) is 4.50. The molecule has 1 heterocycles. The molecule has 3 rings (SSSR count). The van der Waals surface area contributed by atoms with E-state index >= 15 is 0 Å². The van der Waals surface area contributed by atoms with Crippen LogP contribution in [0.5, 0.6) is 0 Å². The largest absolute Gasteiger partial charge is 0.452 e. The lowest BCUT2D eigenvalue weighted by atomic mass is 10.2. The normalized spacial score (nSPS) is 10.7. The molecule has 0 saturated carbocycles. The molecule has 0 aliphatic rings. The van der Waals surface area contributed by atoms with Crippen LogP contribution in [-0.4, -0.2) is 51.3 Å². The van der Waals surface area contributed by atoms with E-state index in [0.717, 1.165) is 12.2 Å². The van der Waals surface area contributed by atoms with Crippen LogP contribution < -0.4 is 10.2 Å². The van der Waals surface area contributed by atoms with Gasteiger partial charge in [-0.3, -0.25) is 4.79 Å². The van der Waals surface area contributed by atoms with Gasteiger partial charge in [0.15, 0.2) is 6.61 Å². The van der Waals surface area contributed by atoms with Crippen LogP contribution in [0, 0.1) is 0 Å². The second-order valence-corrected chi connectivity index (χ2v) is 6.85.